The van der Waals surface area contributed by atoms with Crippen LogP contribution in [0.15, 0.2) is 30.3 Å². The van der Waals surface area contributed by atoms with Gasteiger partial charge in [0, 0.05) is 6.42 Å². The van der Waals surface area contributed by atoms with E-state index in [1.807, 2.05) is 30.3 Å². The number of ether oxygens (including phenoxy) is 1. The molecule has 1 aromatic rings. The third-order valence-corrected chi connectivity index (χ3v) is 4.56. The molecule has 114 valence electrons. The summed E-state index contributed by atoms with van der Waals surface area (Å²) in [7, 11) is 0. The van der Waals surface area contributed by atoms with Crippen LogP contribution in [-0.4, -0.2) is 52.2 Å². The summed E-state index contributed by atoms with van der Waals surface area (Å²) in [6, 6.07) is 9.29. The molecule has 1 heterocycles. The number of carbonyl (C=O) groups is 2. The van der Waals surface area contributed by atoms with E-state index in [9.17, 15) is 14.1 Å². The average Bonchev–Trinajstić information content (AvgIpc) is 2.47. The molecule has 0 spiro atoms. The molecule has 21 heavy (non-hydrogen) atoms. The number of carbonyl (C=O) groups excluding carboxylic acids is 2. The number of nitrogens with two attached hydrogens (primary N) is 1. The van der Waals surface area contributed by atoms with Gasteiger partial charge >= 0.3 is 6.09 Å². The molecule has 0 saturated carbocycles. The maximum atomic E-state index is 12.4. The zero-order chi connectivity index (χ0) is 15.2. The Hall–Kier alpha value is -1.73. The van der Waals surface area contributed by atoms with E-state index >= 15 is 0 Å². The molecule has 0 radical (unpaired) electrons. The summed E-state index contributed by atoms with van der Waals surface area (Å²) in [5.74, 6) is 0.634. The minimum atomic E-state index is -0.968. The molecule has 1 fully saturated rings. The monoisotopic (exact) mass is 310 g/mol. The van der Waals surface area contributed by atoms with Gasteiger partial charge in [-0.1, -0.05) is 41.5 Å². The molecular formula is C14H18N2O4S. The lowest BCUT2D eigenvalue weighted by Crippen LogP contribution is -2.49. The van der Waals surface area contributed by atoms with Crippen molar-refractivity contribution in [2.75, 3.05) is 24.6 Å². The van der Waals surface area contributed by atoms with E-state index in [0.29, 0.717) is 24.6 Å². The van der Waals surface area contributed by atoms with E-state index in [-0.39, 0.29) is 12.3 Å². The molecule has 0 bridgehead atoms. The van der Waals surface area contributed by atoms with Crippen LogP contribution in [0.5, 0.6) is 0 Å². The minimum absolute atomic E-state index is 0.280. The van der Waals surface area contributed by atoms with Crippen LogP contribution in [0.2, 0.25) is 0 Å². The molecule has 2 amide bonds. The van der Waals surface area contributed by atoms with Gasteiger partial charge in [0.1, 0.15) is 11.5 Å². The standard InChI is InChI=1S/C14H18N2O4S/c15-14(18)20-12(10-11-4-2-1-3-5-11)13(17)16-6-8-21(19)9-7-16/h1-5,12H,6-10H2,(H2,15,18)/t12-/m0/s1. The van der Waals surface area contributed by atoms with Crippen molar-refractivity contribution in [2.24, 2.45) is 5.73 Å². The summed E-state index contributed by atoms with van der Waals surface area (Å²) in [4.78, 5) is 25.0. The molecule has 2 N–H and O–H groups in total. The Balaban J connectivity index is 2.04. The van der Waals surface area contributed by atoms with Crippen LogP contribution < -0.4 is 5.73 Å². The van der Waals surface area contributed by atoms with Crippen LogP contribution in [0.1, 0.15) is 5.56 Å². The van der Waals surface area contributed by atoms with E-state index < -0.39 is 23.4 Å². The molecule has 0 unspecified atom stereocenters. The third kappa shape index (κ3) is 4.64. The number of nitrogens with zero attached hydrogens (tertiary/aromatic N) is 1. The zero-order valence-electron chi connectivity index (χ0n) is 11.6. The molecule has 1 atom stereocenters. The van der Waals surface area contributed by atoms with Crippen molar-refractivity contribution >= 4 is 23.2 Å². The SMILES string of the molecule is NC(=O)O[C@@H](Cc1ccccc1)C(=O)N1CC[S+]([O-])CC1. The number of rotatable bonds is 4. The summed E-state index contributed by atoms with van der Waals surface area (Å²) in [5.41, 5.74) is 5.94. The van der Waals surface area contributed by atoms with Crippen molar-refractivity contribution in [2.45, 2.75) is 12.5 Å². The number of amides is 2. The Labute approximate surface area is 126 Å². The van der Waals surface area contributed by atoms with Gasteiger partial charge in [-0.3, -0.25) is 4.79 Å². The Morgan fingerprint density at radius 2 is 1.90 bits per heavy atom. The highest BCUT2D eigenvalue weighted by Gasteiger charge is 2.31. The third-order valence-electron chi connectivity index (χ3n) is 3.29. The second-order valence-electron chi connectivity index (χ2n) is 4.79. The molecule has 0 aliphatic carbocycles. The first kappa shape index (κ1) is 15.7. The second kappa shape index (κ2) is 7.33. The largest absolute Gasteiger partial charge is 0.616 e. The van der Waals surface area contributed by atoms with Gasteiger partial charge in [0.2, 0.25) is 0 Å². The summed E-state index contributed by atoms with van der Waals surface area (Å²) in [5, 5.41) is 0. The van der Waals surface area contributed by atoms with Gasteiger partial charge in [0.15, 0.2) is 6.10 Å². The van der Waals surface area contributed by atoms with Crippen molar-refractivity contribution in [3.63, 3.8) is 0 Å². The predicted octanol–water partition coefficient (Wildman–Crippen LogP) is 0.284. The summed E-state index contributed by atoms with van der Waals surface area (Å²) in [6.45, 7) is 0.831. The second-order valence-corrected chi connectivity index (χ2v) is 6.48. The number of primary amides is 1. The van der Waals surface area contributed by atoms with Gasteiger partial charge in [-0.15, -0.1) is 0 Å². The van der Waals surface area contributed by atoms with E-state index in [1.54, 1.807) is 4.90 Å². The lowest BCUT2D eigenvalue weighted by atomic mass is 10.1. The highest BCUT2D eigenvalue weighted by Crippen LogP contribution is 2.12. The van der Waals surface area contributed by atoms with Crippen molar-refractivity contribution in [1.82, 2.24) is 4.90 Å². The van der Waals surface area contributed by atoms with Crippen LogP contribution in [0.4, 0.5) is 4.79 Å². The average molecular weight is 310 g/mol. The summed E-state index contributed by atoms with van der Waals surface area (Å²) < 4.78 is 16.3. The quantitative estimate of drug-likeness (QED) is 0.808. The lowest BCUT2D eigenvalue weighted by Gasteiger charge is -2.30. The first-order valence-corrected chi connectivity index (χ1v) is 8.19. The molecule has 6 nitrogen and oxygen atoms in total. The smallest absolute Gasteiger partial charge is 0.405 e. The minimum Gasteiger partial charge on any atom is -0.616 e. The Morgan fingerprint density at radius 1 is 1.29 bits per heavy atom. The van der Waals surface area contributed by atoms with Crippen molar-refractivity contribution in [3.8, 4) is 0 Å². The fourth-order valence-corrected chi connectivity index (χ4v) is 3.26. The Morgan fingerprint density at radius 3 is 2.48 bits per heavy atom. The zero-order valence-corrected chi connectivity index (χ0v) is 12.4. The van der Waals surface area contributed by atoms with Crippen molar-refractivity contribution in [1.29, 1.82) is 0 Å². The van der Waals surface area contributed by atoms with Gasteiger partial charge in [0.05, 0.1) is 13.1 Å². The topological polar surface area (TPSA) is 95.7 Å². The van der Waals surface area contributed by atoms with Crippen molar-refractivity contribution < 1.29 is 18.9 Å². The lowest BCUT2D eigenvalue weighted by molar-refractivity contribution is -0.139. The molecular weight excluding hydrogens is 292 g/mol. The fraction of sp³-hybridized carbons (Fsp3) is 0.429. The number of hydrogen-bond donors (Lipinski definition) is 1. The first-order valence-electron chi connectivity index (χ1n) is 6.70. The normalized spacial score (nSPS) is 17.3. The Kier molecular flexibility index (Phi) is 5.46. The van der Waals surface area contributed by atoms with Crippen LogP contribution in [0.3, 0.4) is 0 Å². The van der Waals surface area contributed by atoms with Gasteiger partial charge in [-0.25, -0.2) is 4.79 Å². The van der Waals surface area contributed by atoms with Crippen LogP contribution in [0, 0.1) is 0 Å². The van der Waals surface area contributed by atoms with E-state index in [2.05, 4.69) is 0 Å². The molecule has 0 aromatic heterocycles. The van der Waals surface area contributed by atoms with Crippen LogP contribution in [0.25, 0.3) is 0 Å². The first-order chi connectivity index (χ1) is 10.1. The molecule has 2 rings (SSSR count). The maximum Gasteiger partial charge on any atom is 0.405 e. The van der Waals surface area contributed by atoms with E-state index in [4.69, 9.17) is 10.5 Å². The van der Waals surface area contributed by atoms with Crippen LogP contribution in [-0.2, 0) is 27.1 Å². The maximum absolute atomic E-state index is 12.4. The van der Waals surface area contributed by atoms with Crippen molar-refractivity contribution in [3.05, 3.63) is 35.9 Å². The van der Waals surface area contributed by atoms with Crippen LogP contribution >= 0.6 is 0 Å². The molecule has 7 heteroatoms. The Bertz CT molecular complexity index is 489. The predicted molar refractivity (Wildman–Crippen MR) is 79.1 cm³/mol. The van der Waals surface area contributed by atoms with Gasteiger partial charge in [-0.2, -0.15) is 0 Å². The number of hydrogen-bond acceptors (Lipinski definition) is 4. The number of benzene rings is 1. The van der Waals surface area contributed by atoms with Gasteiger partial charge in [-0.05, 0) is 5.56 Å². The molecule has 1 aliphatic heterocycles. The summed E-state index contributed by atoms with van der Waals surface area (Å²) >= 11 is -0.866. The van der Waals surface area contributed by atoms with E-state index in [0.717, 1.165) is 5.56 Å². The summed E-state index contributed by atoms with van der Waals surface area (Å²) in [6.07, 6.45) is -1.62. The molecule has 1 aliphatic rings. The highest BCUT2D eigenvalue weighted by molar-refractivity contribution is 7.91. The van der Waals surface area contributed by atoms with E-state index in [1.165, 1.54) is 0 Å². The van der Waals surface area contributed by atoms with Gasteiger partial charge < -0.3 is 19.9 Å². The van der Waals surface area contributed by atoms with Gasteiger partial charge in [0.25, 0.3) is 5.91 Å². The molecule has 1 aromatic carbocycles. The molecule has 1 saturated heterocycles. The fourth-order valence-electron chi connectivity index (χ4n) is 2.21. The highest BCUT2D eigenvalue weighted by atomic mass is 32.2.